The number of hydrogen-bond donors (Lipinski definition) is 1. The Labute approximate surface area is 166 Å². The van der Waals surface area contributed by atoms with Crippen LogP contribution < -0.4 is 5.32 Å². The first kappa shape index (κ1) is 25.4. The lowest BCUT2D eigenvalue weighted by molar-refractivity contribution is -0.121. The molecule has 0 aliphatic rings. The highest BCUT2D eigenvalue weighted by molar-refractivity contribution is 5.75. The van der Waals surface area contributed by atoms with Gasteiger partial charge in [-0.1, -0.05) is 96.8 Å². The van der Waals surface area contributed by atoms with Gasteiger partial charge in [0.15, 0.2) is 0 Å². The molecule has 0 rings (SSSR count). The minimum Gasteiger partial charge on any atom is -0.356 e. The normalized spacial score (nSPS) is 11.2. The SMILES string of the molecule is CCCCCCCCCCCCCCCCCC(=O)NCCCN(C)C.[HH]. The zero-order chi connectivity index (χ0) is 19.3. The molecule has 0 saturated carbocycles. The van der Waals surface area contributed by atoms with Crippen LogP contribution in [0, 0.1) is 0 Å². The molecule has 0 heterocycles. The van der Waals surface area contributed by atoms with Crippen LogP contribution in [0.3, 0.4) is 0 Å². The average Bonchev–Trinajstić information content (AvgIpc) is 2.62. The summed E-state index contributed by atoms with van der Waals surface area (Å²) in [6.07, 6.45) is 22.3. The van der Waals surface area contributed by atoms with Crippen molar-refractivity contribution in [3.8, 4) is 0 Å². The van der Waals surface area contributed by atoms with Crippen molar-refractivity contribution in [1.29, 1.82) is 0 Å². The Kier molecular flexibility index (Phi) is 20.3. The number of rotatable bonds is 20. The van der Waals surface area contributed by atoms with Gasteiger partial charge in [0.25, 0.3) is 0 Å². The molecule has 0 saturated heterocycles. The van der Waals surface area contributed by atoms with Crippen molar-refractivity contribution in [2.45, 2.75) is 116 Å². The van der Waals surface area contributed by atoms with Crippen LogP contribution in [-0.2, 0) is 4.79 Å². The van der Waals surface area contributed by atoms with Gasteiger partial charge in [-0.25, -0.2) is 0 Å². The van der Waals surface area contributed by atoms with E-state index >= 15 is 0 Å². The fourth-order valence-corrected chi connectivity index (χ4v) is 3.37. The van der Waals surface area contributed by atoms with Gasteiger partial charge < -0.3 is 10.2 Å². The maximum absolute atomic E-state index is 11.7. The molecule has 158 valence electrons. The fraction of sp³-hybridized carbons (Fsp3) is 0.957. The molecule has 3 nitrogen and oxygen atoms in total. The molecule has 0 unspecified atom stereocenters. The second-order valence-electron chi connectivity index (χ2n) is 8.21. The predicted octanol–water partition coefficient (Wildman–Crippen LogP) is 6.56. The molecule has 0 spiro atoms. The van der Waals surface area contributed by atoms with Crippen molar-refractivity contribution in [3.05, 3.63) is 0 Å². The van der Waals surface area contributed by atoms with Crippen LogP contribution in [0.1, 0.15) is 118 Å². The first-order chi connectivity index (χ1) is 12.7. The van der Waals surface area contributed by atoms with Crippen molar-refractivity contribution in [1.82, 2.24) is 10.2 Å². The summed E-state index contributed by atoms with van der Waals surface area (Å²) >= 11 is 0. The maximum atomic E-state index is 11.7. The van der Waals surface area contributed by atoms with Gasteiger partial charge in [-0.3, -0.25) is 4.79 Å². The fourth-order valence-electron chi connectivity index (χ4n) is 3.37. The highest BCUT2D eigenvalue weighted by Gasteiger charge is 2.00. The zero-order valence-electron chi connectivity index (χ0n) is 18.3. The molecule has 0 aromatic carbocycles. The molecule has 0 fully saturated rings. The molecule has 3 heteroatoms. The van der Waals surface area contributed by atoms with Gasteiger partial charge in [-0.15, -0.1) is 0 Å². The lowest BCUT2D eigenvalue weighted by atomic mass is 10.0. The summed E-state index contributed by atoms with van der Waals surface area (Å²) in [5, 5.41) is 3.02. The molecule has 0 aromatic rings. The molecule has 0 bridgehead atoms. The second kappa shape index (κ2) is 20.7. The third-order valence-corrected chi connectivity index (χ3v) is 5.11. The molecule has 0 aliphatic heterocycles. The maximum Gasteiger partial charge on any atom is 0.219 e. The van der Waals surface area contributed by atoms with Gasteiger partial charge in [0.1, 0.15) is 0 Å². The predicted molar refractivity (Wildman–Crippen MR) is 118 cm³/mol. The monoisotopic (exact) mass is 370 g/mol. The Morgan fingerprint density at radius 3 is 1.54 bits per heavy atom. The topological polar surface area (TPSA) is 32.3 Å². The van der Waals surface area contributed by atoms with Crippen LogP contribution in [0.4, 0.5) is 0 Å². The van der Waals surface area contributed by atoms with Gasteiger partial charge in [0.05, 0.1) is 0 Å². The standard InChI is InChI=1S/C23H48N2O.H2/c1-4-5-6-7-8-9-10-11-12-13-14-15-16-17-18-20-23(26)24-21-19-22-25(2)3;/h4-22H2,1-3H3,(H,24,26);1H. The Bertz CT molecular complexity index is 298. The van der Waals surface area contributed by atoms with E-state index in [-0.39, 0.29) is 7.33 Å². The van der Waals surface area contributed by atoms with Crippen molar-refractivity contribution >= 4 is 5.91 Å². The quantitative estimate of drug-likeness (QED) is 0.246. The molecule has 1 amide bonds. The first-order valence-electron chi connectivity index (χ1n) is 11.6. The van der Waals surface area contributed by atoms with Crippen molar-refractivity contribution in [2.24, 2.45) is 0 Å². The van der Waals surface area contributed by atoms with Crippen molar-refractivity contribution < 1.29 is 6.22 Å². The van der Waals surface area contributed by atoms with Gasteiger partial charge in [-0.05, 0) is 33.5 Å². The number of nitrogens with zero attached hydrogens (tertiary/aromatic N) is 1. The van der Waals surface area contributed by atoms with E-state index in [2.05, 4.69) is 31.2 Å². The van der Waals surface area contributed by atoms with Crippen molar-refractivity contribution in [2.75, 3.05) is 27.2 Å². The van der Waals surface area contributed by atoms with Crippen LogP contribution >= 0.6 is 0 Å². The number of nitrogens with one attached hydrogen (secondary N) is 1. The second-order valence-corrected chi connectivity index (χ2v) is 8.21. The molecule has 1 N–H and O–H groups in total. The van der Waals surface area contributed by atoms with Gasteiger partial charge >= 0.3 is 0 Å². The lowest BCUT2D eigenvalue weighted by Gasteiger charge is -2.09. The summed E-state index contributed by atoms with van der Waals surface area (Å²) in [5.74, 6) is 0.235. The summed E-state index contributed by atoms with van der Waals surface area (Å²) in [5.41, 5.74) is 0. The molecule has 0 aromatic heterocycles. The summed E-state index contributed by atoms with van der Waals surface area (Å²) in [4.78, 5) is 13.9. The summed E-state index contributed by atoms with van der Waals surface area (Å²) in [7, 11) is 4.13. The number of unbranched alkanes of at least 4 members (excludes halogenated alkanes) is 14. The van der Waals surface area contributed by atoms with E-state index in [9.17, 15) is 4.79 Å². The number of carbonyl (C=O) groups excluding carboxylic acids is 1. The minimum atomic E-state index is 0. The van der Waals surface area contributed by atoms with E-state index in [1.54, 1.807) is 0 Å². The van der Waals surface area contributed by atoms with Crippen LogP contribution in [0.2, 0.25) is 0 Å². The Morgan fingerprint density at radius 2 is 1.12 bits per heavy atom. The van der Waals surface area contributed by atoms with E-state index < -0.39 is 0 Å². The summed E-state index contributed by atoms with van der Waals surface area (Å²) < 4.78 is 0. The van der Waals surface area contributed by atoms with E-state index in [0.29, 0.717) is 6.42 Å². The molecular formula is C23H50N2O. The van der Waals surface area contributed by atoms with Crippen LogP contribution in [0.5, 0.6) is 0 Å². The van der Waals surface area contributed by atoms with E-state index in [1.165, 1.54) is 89.9 Å². The Hall–Kier alpha value is -0.570. The zero-order valence-corrected chi connectivity index (χ0v) is 18.3. The van der Waals surface area contributed by atoms with Crippen LogP contribution in [0.15, 0.2) is 0 Å². The molecule has 26 heavy (non-hydrogen) atoms. The first-order valence-corrected chi connectivity index (χ1v) is 11.6. The number of carbonyl (C=O) groups is 1. The Balaban J connectivity index is 0. The largest absolute Gasteiger partial charge is 0.356 e. The van der Waals surface area contributed by atoms with Gasteiger partial charge in [-0.2, -0.15) is 0 Å². The van der Waals surface area contributed by atoms with E-state index in [0.717, 1.165) is 25.9 Å². The lowest BCUT2D eigenvalue weighted by Crippen LogP contribution is -2.26. The van der Waals surface area contributed by atoms with Gasteiger partial charge in [0.2, 0.25) is 5.91 Å². The highest BCUT2D eigenvalue weighted by atomic mass is 16.1. The molecule has 0 radical (unpaired) electrons. The Morgan fingerprint density at radius 1 is 0.692 bits per heavy atom. The highest BCUT2D eigenvalue weighted by Crippen LogP contribution is 2.13. The van der Waals surface area contributed by atoms with E-state index in [1.807, 2.05) is 0 Å². The number of hydrogen-bond acceptors (Lipinski definition) is 2. The third-order valence-electron chi connectivity index (χ3n) is 5.11. The molecule has 0 aliphatic carbocycles. The third kappa shape index (κ3) is 21.5. The summed E-state index contributed by atoms with van der Waals surface area (Å²) in [6.45, 7) is 4.14. The smallest absolute Gasteiger partial charge is 0.219 e. The van der Waals surface area contributed by atoms with Crippen LogP contribution in [-0.4, -0.2) is 38.0 Å². The average molecular weight is 371 g/mol. The molecule has 0 atom stereocenters. The minimum absolute atomic E-state index is 0. The molecular weight excluding hydrogens is 320 g/mol. The van der Waals surface area contributed by atoms with Gasteiger partial charge in [0, 0.05) is 14.4 Å². The number of amides is 1. The van der Waals surface area contributed by atoms with Crippen molar-refractivity contribution in [3.63, 3.8) is 0 Å². The summed E-state index contributed by atoms with van der Waals surface area (Å²) in [6, 6.07) is 0. The van der Waals surface area contributed by atoms with E-state index in [4.69, 9.17) is 0 Å². The van der Waals surface area contributed by atoms with Crippen LogP contribution in [0.25, 0.3) is 0 Å².